The molecule has 0 aromatic rings. The number of phosphoric acid groups is 1. The Labute approximate surface area is 444 Å². The number of rotatable bonds is 52. The lowest BCUT2D eigenvalue weighted by molar-refractivity contribution is -0.870. The zero-order chi connectivity index (χ0) is 52.9. The van der Waals surface area contributed by atoms with Crippen molar-refractivity contribution in [2.45, 2.75) is 258 Å². The summed E-state index contributed by atoms with van der Waals surface area (Å²) in [6, 6.07) is -0.867. The Morgan fingerprint density at radius 2 is 0.889 bits per heavy atom. The molecule has 0 aliphatic heterocycles. The Bertz CT molecular complexity index is 1510. The van der Waals surface area contributed by atoms with Crippen molar-refractivity contribution in [2.24, 2.45) is 0 Å². The first-order valence-electron chi connectivity index (χ1n) is 29.4. The van der Waals surface area contributed by atoms with Crippen molar-refractivity contribution in [3.63, 3.8) is 0 Å². The summed E-state index contributed by atoms with van der Waals surface area (Å²) in [6.07, 6.45) is 67.2. The van der Waals surface area contributed by atoms with Crippen LogP contribution >= 0.6 is 7.82 Å². The highest BCUT2D eigenvalue weighted by molar-refractivity contribution is 7.47. The topological polar surface area (TPSA) is 111 Å². The number of likely N-dealkylation sites (N-methyl/N-ethyl adjacent to an activating group) is 1. The lowest BCUT2D eigenvalue weighted by Crippen LogP contribution is -2.47. The first-order chi connectivity index (χ1) is 34.9. The Hall–Kier alpha value is -2.81. The van der Waals surface area contributed by atoms with E-state index in [4.69, 9.17) is 13.8 Å². The molecule has 3 unspecified atom stereocenters. The molecule has 3 atom stereocenters. The molecular formula is C62H112N2O7P+. The normalized spacial score (nSPS) is 14.4. The van der Waals surface area contributed by atoms with Crippen molar-refractivity contribution >= 4 is 19.7 Å². The third-order valence-electron chi connectivity index (χ3n) is 12.6. The van der Waals surface area contributed by atoms with Crippen molar-refractivity contribution in [1.82, 2.24) is 5.32 Å². The van der Waals surface area contributed by atoms with Gasteiger partial charge < -0.3 is 19.4 Å². The minimum absolute atomic E-state index is 0.0306. The fraction of sp³-hybridized carbons (Fsp3) is 0.742. The molecule has 0 bridgehead atoms. The summed E-state index contributed by atoms with van der Waals surface area (Å²) in [4.78, 5) is 37.6. The van der Waals surface area contributed by atoms with E-state index in [0.717, 1.165) is 103 Å². The molecule has 1 amide bonds. The molecule has 0 rings (SSSR count). The van der Waals surface area contributed by atoms with Gasteiger partial charge >= 0.3 is 13.8 Å². The predicted octanol–water partition coefficient (Wildman–Crippen LogP) is 17.8. The van der Waals surface area contributed by atoms with Gasteiger partial charge in [-0.15, -0.1) is 0 Å². The predicted molar refractivity (Wildman–Crippen MR) is 309 cm³/mol. The summed E-state index contributed by atoms with van der Waals surface area (Å²) in [5.41, 5.74) is 0. The summed E-state index contributed by atoms with van der Waals surface area (Å²) in [5, 5.41) is 3.04. The number of ether oxygens (including phenoxy) is 1. The van der Waals surface area contributed by atoms with E-state index in [9.17, 15) is 19.0 Å². The number of hydrogen-bond acceptors (Lipinski definition) is 6. The van der Waals surface area contributed by atoms with Crippen LogP contribution in [0.3, 0.4) is 0 Å². The highest BCUT2D eigenvalue weighted by atomic mass is 31.2. The molecule has 2 N–H and O–H groups in total. The number of hydrogen-bond donors (Lipinski definition) is 2. The van der Waals surface area contributed by atoms with Gasteiger partial charge in [0.05, 0.1) is 33.8 Å². The maximum absolute atomic E-state index is 13.5. The molecule has 0 radical (unpaired) electrons. The van der Waals surface area contributed by atoms with E-state index in [1.807, 2.05) is 33.3 Å². The minimum Gasteiger partial charge on any atom is -0.456 e. The quantitative estimate of drug-likeness (QED) is 0.0205. The Morgan fingerprint density at radius 3 is 1.38 bits per heavy atom. The van der Waals surface area contributed by atoms with Crippen LogP contribution in [0.5, 0.6) is 0 Å². The van der Waals surface area contributed by atoms with Gasteiger partial charge in [0.25, 0.3) is 0 Å². The highest BCUT2D eigenvalue weighted by Gasteiger charge is 2.30. The SMILES string of the molecule is CC/C=C\C/C=C\C/C=C\C/C=C\C/C=C\CCCCCC(=O)OC(/C=C/CCCCCCCCCCCC)C(COP(=O)(O)OCC[N+](C)(C)C)NC(=O)CCCCCCCCC/C=C\CCCCCC. The highest BCUT2D eigenvalue weighted by Crippen LogP contribution is 2.43. The zero-order valence-electron chi connectivity index (χ0n) is 47.4. The number of unbranched alkanes of at least 4 members (excludes halogenated alkanes) is 24. The van der Waals surface area contributed by atoms with Crippen LogP contribution in [0, 0.1) is 0 Å². The number of phosphoric ester groups is 1. The van der Waals surface area contributed by atoms with Crippen LogP contribution in [-0.4, -0.2) is 74.3 Å². The minimum atomic E-state index is -4.46. The fourth-order valence-corrected chi connectivity index (χ4v) is 8.75. The Morgan fingerprint density at radius 1 is 0.500 bits per heavy atom. The van der Waals surface area contributed by atoms with Gasteiger partial charge in [0.1, 0.15) is 19.3 Å². The van der Waals surface area contributed by atoms with Crippen LogP contribution in [0.25, 0.3) is 0 Å². The molecule has 0 aromatic carbocycles. The maximum atomic E-state index is 13.5. The van der Waals surface area contributed by atoms with E-state index in [1.54, 1.807) is 0 Å². The van der Waals surface area contributed by atoms with E-state index in [1.165, 1.54) is 103 Å². The number of carbonyl (C=O) groups is 2. The van der Waals surface area contributed by atoms with Crippen LogP contribution < -0.4 is 5.32 Å². The first-order valence-corrected chi connectivity index (χ1v) is 30.9. The molecule has 0 saturated carbocycles. The molecule has 10 heteroatoms. The second-order valence-electron chi connectivity index (χ2n) is 20.8. The molecule has 0 aromatic heterocycles. The zero-order valence-corrected chi connectivity index (χ0v) is 48.3. The molecule has 416 valence electrons. The van der Waals surface area contributed by atoms with Crippen molar-refractivity contribution in [3.8, 4) is 0 Å². The third kappa shape index (κ3) is 52.1. The molecule has 72 heavy (non-hydrogen) atoms. The molecule has 0 aliphatic carbocycles. The molecule has 0 fully saturated rings. The van der Waals surface area contributed by atoms with Gasteiger partial charge in [-0.3, -0.25) is 18.6 Å². The lowest BCUT2D eigenvalue weighted by atomic mass is 10.0. The number of carbonyl (C=O) groups excluding carboxylic acids is 2. The standard InChI is InChI=1S/C62H111N2O7P/c1-7-10-13-16-19-22-25-28-30-31-32-33-35-37-40-43-46-49-52-55-62(66)71-60(53-50-47-44-41-38-27-24-21-18-15-12-9-3)59(58-70-72(67,68)69-57-56-64(4,5)6)63-61(65)54-51-48-45-42-39-36-34-29-26-23-20-17-14-11-8-2/h10,13,19,22-23,26,28,30,32-33,37,40,50,53,59-60H,7-9,11-12,14-18,20-21,24-25,27,29,31,34-36,38-39,41-49,51-52,54-58H2,1-6H3,(H-,63,65,67,68)/p+1/b13-10-,22-19-,26-23-,30-28-,33-32-,40-37-,53-50+. The van der Waals surface area contributed by atoms with Gasteiger partial charge in [-0.2, -0.15) is 0 Å². The van der Waals surface area contributed by atoms with Crippen molar-refractivity contribution in [2.75, 3.05) is 40.9 Å². The molecule has 0 saturated heterocycles. The summed E-state index contributed by atoms with van der Waals surface area (Å²) >= 11 is 0. The van der Waals surface area contributed by atoms with Crippen molar-refractivity contribution < 1.29 is 37.3 Å². The second-order valence-corrected chi connectivity index (χ2v) is 22.2. The average molecular weight is 1030 g/mol. The van der Waals surface area contributed by atoms with E-state index >= 15 is 0 Å². The molecule has 0 heterocycles. The number of nitrogens with zero attached hydrogens (tertiary/aromatic N) is 1. The van der Waals surface area contributed by atoms with Crippen LogP contribution in [-0.2, 0) is 27.9 Å². The molecular weight excluding hydrogens is 916 g/mol. The largest absolute Gasteiger partial charge is 0.472 e. The van der Waals surface area contributed by atoms with E-state index in [2.05, 4.69) is 99.0 Å². The van der Waals surface area contributed by atoms with E-state index in [0.29, 0.717) is 23.9 Å². The number of quaternary nitrogens is 1. The van der Waals surface area contributed by atoms with Gasteiger partial charge in [-0.1, -0.05) is 215 Å². The summed E-state index contributed by atoms with van der Waals surface area (Å²) in [5.74, 6) is -0.550. The molecule has 9 nitrogen and oxygen atoms in total. The van der Waals surface area contributed by atoms with E-state index < -0.39 is 20.0 Å². The average Bonchev–Trinajstić information content (AvgIpc) is 3.34. The number of esters is 1. The van der Waals surface area contributed by atoms with Crippen LogP contribution in [0.4, 0.5) is 0 Å². The van der Waals surface area contributed by atoms with Crippen LogP contribution in [0.1, 0.15) is 245 Å². The van der Waals surface area contributed by atoms with Crippen molar-refractivity contribution in [1.29, 1.82) is 0 Å². The molecule has 0 spiro atoms. The first kappa shape index (κ1) is 69.2. The van der Waals surface area contributed by atoms with Crippen LogP contribution in [0.2, 0.25) is 0 Å². The number of amides is 1. The molecule has 0 aliphatic rings. The number of nitrogens with one attached hydrogen (secondary N) is 1. The third-order valence-corrected chi connectivity index (χ3v) is 13.6. The van der Waals surface area contributed by atoms with Crippen molar-refractivity contribution in [3.05, 3.63) is 85.1 Å². The Balaban J connectivity index is 5.39. The lowest BCUT2D eigenvalue weighted by Gasteiger charge is -2.27. The number of allylic oxidation sites excluding steroid dienone is 13. The van der Waals surface area contributed by atoms with Gasteiger partial charge in [0.2, 0.25) is 5.91 Å². The van der Waals surface area contributed by atoms with Gasteiger partial charge in [-0.05, 0) is 102 Å². The summed E-state index contributed by atoms with van der Waals surface area (Å²) in [7, 11) is 1.47. The van der Waals surface area contributed by atoms with Gasteiger partial charge in [0, 0.05) is 12.8 Å². The second kappa shape index (κ2) is 51.7. The summed E-state index contributed by atoms with van der Waals surface area (Å²) in [6.45, 7) is 6.85. The fourth-order valence-electron chi connectivity index (χ4n) is 8.02. The Kier molecular flexibility index (Phi) is 49.6. The smallest absolute Gasteiger partial charge is 0.456 e. The van der Waals surface area contributed by atoms with Gasteiger partial charge in [-0.25, -0.2) is 4.57 Å². The van der Waals surface area contributed by atoms with Gasteiger partial charge in [0.15, 0.2) is 0 Å². The monoisotopic (exact) mass is 1030 g/mol. The summed E-state index contributed by atoms with van der Waals surface area (Å²) < 4.78 is 30.6. The van der Waals surface area contributed by atoms with E-state index in [-0.39, 0.29) is 31.5 Å². The maximum Gasteiger partial charge on any atom is 0.472 e. The van der Waals surface area contributed by atoms with Crippen LogP contribution in [0.15, 0.2) is 85.1 Å².